The average Bonchev–Trinajstić information content (AvgIpc) is 1.28. The summed E-state index contributed by atoms with van der Waals surface area (Å²) in [7, 11) is 1.28. The predicted molar refractivity (Wildman–Crippen MR) is 582 cm³/mol. The van der Waals surface area contributed by atoms with Gasteiger partial charge in [0.25, 0.3) is 17.6 Å². The normalized spacial score (nSPS) is 12.7. The van der Waals surface area contributed by atoms with Crippen LogP contribution in [0, 0.1) is 5.92 Å². The Hall–Kier alpha value is -14.3. The summed E-state index contributed by atoms with van der Waals surface area (Å²) in [5, 5.41) is 25.3. The summed E-state index contributed by atoms with van der Waals surface area (Å²) in [5.74, 6) is -3.54. The fraction of sp³-hybridized carbons (Fsp3) is 0.179. The third-order valence-electron chi connectivity index (χ3n) is 24.2. The fourth-order valence-corrected chi connectivity index (χ4v) is 17.9. The predicted octanol–water partition coefficient (Wildman–Crippen LogP) is 27.0. The number of hydrogen-bond acceptors (Lipinski definition) is 18. The van der Waals surface area contributed by atoms with E-state index in [1.807, 2.05) is 237 Å². The van der Waals surface area contributed by atoms with E-state index < -0.39 is 29.5 Å². The molecule has 2 aliphatic rings. The number of anilines is 1. The molecule has 7 heterocycles. The lowest BCUT2D eigenvalue weighted by molar-refractivity contribution is -0.143. The molecule has 2 aliphatic heterocycles. The van der Waals surface area contributed by atoms with Gasteiger partial charge in [-0.05, 0) is 217 Å². The molecule has 2 amide bonds. The molecule has 8 N–H and O–H groups in total. The van der Waals surface area contributed by atoms with Crippen LogP contribution in [-0.2, 0) is 14.3 Å². The number of piperidine rings is 1. The number of carboxylic acids is 1. The maximum atomic E-state index is 13.7. The van der Waals surface area contributed by atoms with E-state index in [4.69, 9.17) is 94.1 Å². The molecule has 144 heavy (non-hydrogen) atoms. The number of ether oxygens (including phenoxy) is 1. The SMILES string of the molecule is COC(=O)C(CCCCNC(=O)c1ccccc1)C(=O)c1cc(-c2ccc(Cl)cc2)nc2ccccc12.NCCCCC(Br)C(=O)c1cc(-c2ccc(Cl)cc2)nc2ccccc12.NCCCCCC(=O)c1cc(-c2ccc(Cl)cc2)nc2ccccc12.O=C(O)c1cc(-c2ccc(Cl)cc2)nc2ccccc12.O=C(c1cc(-c2ccc(Cl)cc2)nc2ccccc12)C1CCCCN1.O=C1Nc2ccccc2C1=O. The van der Waals surface area contributed by atoms with Gasteiger partial charge in [0.2, 0.25) is 0 Å². The van der Waals surface area contributed by atoms with Gasteiger partial charge in [-0.25, -0.2) is 29.7 Å². The van der Waals surface area contributed by atoms with Crippen LogP contribution in [0.1, 0.15) is 156 Å². The van der Waals surface area contributed by atoms with Crippen LogP contribution in [0.15, 0.2) is 328 Å². The number of fused-ring (bicyclic) bond motifs is 6. The maximum absolute atomic E-state index is 13.7. The summed E-state index contributed by atoms with van der Waals surface area (Å²) in [6.45, 7) is 2.66. The summed E-state index contributed by atoms with van der Waals surface area (Å²) < 4.78 is 4.99. The van der Waals surface area contributed by atoms with Crippen LogP contribution in [0.3, 0.4) is 0 Å². The van der Waals surface area contributed by atoms with Gasteiger partial charge in [0, 0.05) is 121 Å². The first-order valence-corrected chi connectivity index (χ1v) is 50.0. The van der Waals surface area contributed by atoms with Crippen molar-refractivity contribution in [1.82, 2.24) is 35.6 Å². The van der Waals surface area contributed by atoms with Crippen LogP contribution in [-0.4, -0.2) is 127 Å². The number of carbonyl (C=O) groups is 9. The van der Waals surface area contributed by atoms with E-state index in [-0.39, 0.29) is 45.5 Å². The molecule has 3 atom stereocenters. The summed E-state index contributed by atoms with van der Waals surface area (Å²) in [6, 6.07) is 99.6. The largest absolute Gasteiger partial charge is 0.478 e. The highest BCUT2D eigenvalue weighted by atomic mass is 79.9. The van der Waals surface area contributed by atoms with E-state index in [2.05, 4.69) is 36.9 Å². The van der Waals surface area contributed by atoms with Crippen molar-refractivity contribution in [3.63, 3.8) is 0 Å². The molecule has 0 radical (unpaired) electrons. The number of amides is 2. The quantitative estimate of drug-likeness (QED) is 0.00633. The fourth-order valence-electron chi connectivity index (χ4n) is 16.7. The number of pyridine rings is 5. The number of nitrogens with one attached hydrogen (secondary N) is 3. The van der Waals surface area contributed by atoms with Gasteiger partial charge in [0.15, 0.2) is 23.1 Å². The smallest absolute Gasteiger partial charge is 0.336 e. The molecule has 3 unspecified atom stereocenters. The maximum Gasteiger partial charge on any atom is 0.336 e. The Morgan fingerprint density at radius 2 is 0.785 bits per heavy atom. The third-order valence-corrected chi connectivity index (χ3v) is 26.3. The number of aromatic carboxylic acids is 1. The average molecular weight is 2080 g/mol. The molecule has 0 saturated carbocycles. The number of carboxylic acid groups (broad SMARTS) is 1. The van der Waals surface area contributed by atoms with Crippen molar-refractivity contribution < 1.29 is 53.0 Å². The first-order valence-electron chi connectivity index (χ1n) is 47.2. The molecule has 12 aromatic carbocycles. The van der Waals surface area contributed by atoms with Crippen molar-refractivity contribution >= 4 is 187 Å². The number of aromatic nitrogens is 5. The molecule has 5 aromatic heterocycles. The van der Waals surface area contributed by atoms with Crippen LogP contribution in [0.2, 0.25) is 25.1 Å². The molecule has 1 fully saturated rings. The van der Waals surface area contributed by atoms with E-state index in [0.717, 1.165) is 153 Å². The minimum Gasteiger partial charge on any atom is -0.478 e. The number of carbonyl (C=O) groups excluding carboxylic acids is 8. The van der Waals surface area contributed by atoms with Crippen molar-refractivity contribution in [3.05, 3.63) is 392 Å². The second-order valence-corrected chi connectivity index (χ2v) is 37.4. The number of hydrogen-bond donors (Lipinski definition) is 6. The van der Waals surface area contributed by atoms with Crippen LogP contribution < -0.4 is 27.4 Å². The molecule has 728 valence electrons. The van der Waals surface area contributed by atoms with Crippen LogP contribution in [0.25, 0.3) is 111 Å². The molecule has 0 aliphatic carbocycles. The van der Waals surface area contributed by atoms with Crippen molar-refractivity contribution in [2.75, 3.05) is 38.6 Å². The number of esters is 1. The minimum absolute atomic E-state index is 0.0795. The second-order valence-electron chi connectivity index (χ2n) is 34.1. The van der Waals surface area contributed by atoms with E-state index in [1.165, 1.54) is 7.11 Å². The minimum atomic E-state index is -0.960. The van der Waals surface area contributed by atoms with Crippen molar-refractivity contribution in [1.29, 1.82) is 0 Å². The Kier molecular flexibility index (Phi) is 38.2. The molecule has 0 bridgehead atoms. The monoisotopic (exact) mass is 2080 g/mol. The molecular formula is C117H102BrCl5N10O11. The van der Waals surface area contributed by atoms with E-state index in [1.54, 1.807) is 91.0 Å². The molecule has 1 saturated heterocycles. The Morgan fingerprint density at radius 3 is 1.20 bits per heavy atom. The topological polar surface area (TPSA) is 336 Å². The zero-order chi connectivity index (χ0) is 102. The van der Waals surface area contributed by atoms with Gasteiger partial charge in [-0.15, -0.1) is 0 Å². The number of unbranched alkanes of at least 4 members (excludes halogenated alkanes) is 4. The summed E-state index contributed by atoms with van der Waals surface area (Å²) >= 11 is 33.4. The summed E-state index contributed by atoms with van der Waals surface area (Å²) in [4.78, 5) is 134. The Labute approximate surface area is 867 Å². The lowest BCUT2D eigenvalue weighted by Crippen LogP contribution is -2.40. The highest BCUT2D eigenvalue weighted by Crippen LogP contribution is 2.36. The first kappa shape index (κ1) is 106. The van der Waals surface area contributed by atoms with E-state index in [9.17, 15) is 48.3 Å². The van der Waals surface area contributed by atoms with Crippen molar-refractivity contribution in [3.8, 4) is 56.3 Å². The van der Waals surface area contributed by atoms with E-state index in [0.29, 0.717) is 132 Å². The number of nitrogens with zero attached hydrogens (tertiary/aromatic N) is 5. The Bertz CT molecular complexity index is 7480. The number of rotatable bonds is 29. The number of methoxy groups -OCH3 is 1. The number of ketones is 5. The lowest BCUT2D eigenvalue weighted by Gasteiger charge is -2.23. The summed E-state index contributed by atoms with van der Waals surface area (Å²) in [5.41, 5.74) is 27.5. The number of para-hydroxylation sites is 6. The van der Waals surface area contributed by atoms with Crippen molar-refractivity contribution in [2.24, 2.45) is 17.4 Å². The van der Waals surface area contributed by atoms with Gasteiger partial charge in [-0.2, -0.15) is 0 Å². The number of nitrogens with two attached hydrogens (primary N) is 2. The lowest BCUT2D eigenvalue weighted by atomic mass is 9.90. The molecule has 0 spiro atoms. The molecular weight excluding hydrogens is 1980 g/mol. The Balaban J connectivity index is 0.000000140. The van der Waals surface area contributed by atoms with Gasteiger partial charge < -0.3 is 37.3 Å². The van der Waals surface area contributed by atoms with Gasteiger partial charge >= 0.3 is 11.9 Å². The molecule has 17 aromatic rings. The Morgan fingerprint density at radius 1 is 0.417 bits per heavy atom. The number of alkyl halides is 1. The molecule has 19 rings (SSSR count). The van der Waals surface area contributed by atoms with Crippen molar-refractivity contribution in [2.45, 2.75) is 94.3 Å². The van der Waals surface area contributed by atoms with Gasteiger partial charge in [0.1, 0.15) is 5.92 Å². The van der Waals surface area contributed by atoms with E-state index >= 15 is 0 Å². The molecule has 27 heteroatoms. The van der Waals surface area contributed by atoms with Crippen LogP contribution in [0.4, 0.5) is 5.69 Å². The standard InChI is InChI=1S/C30H27ClN2O4.C21H20BrClN2O.C21H19ClN2O.C21H21ClN2O.C16H10ClNO2.C8H5NO2/c1-37-30(36)24(12-7-8-18-32-29(35)21-9-3-2-4-10-21)28(34)25-19-27(20-14-16-22(31)17-15-20)33-26-13-6-5-11-23(25)26;22-18(6-3-4-12-24)21(26)17-13-20(14-8-10-15(23)11-9-14)25-19-7-2-1-5-16(17)19;22-15-10-8-14(9-11-15)20-13-17(16-5-1-2-6-18(16)24-20)21(25)19-7-3-4-12-23-19;22-16-11-9-15(10-12-16)20-14-18(21(25)8-2-1-5-13-23)17-6-3-4-7-19(17)24-20;17-11-7-5-10(6-8-11)15-9-13(16(19)20)12-3-1-2-4-14(12)18-15;10-7-5-3-1-2-4-6(5)9-8(7)11/h2-6,9-11,13-17,19,24H,7-8,12,18H2,1H3,(H,32,35);1-2,5,7-11,13,18H,3-4,6,12,24H2;1-2,5-6,8-11,13,19,23H,3-4,7,12H2;3-4,6-7,9-12,14H,1-2,5,8,13,23H2;1-9H,(H,19,20);1-4H,(H,9,10,11). The third kappa shape index (κ3) is 28.0. The number of Topliss-reactive ketones (excluding diaryl/α,β-unsaturated/α-hetero) is 5. The first-order chi connectivity index (χ1) is 69.9. The second kappa shape index (κ2) is 52.1. The number of halogens is 6. The zero-order valence-electron chi connectivity index (χ0n) is 78.6. The molecule has 21 nitrogen and oxygen atoms in total. The van der Waals surface area contributed by atoms with Crippen LogP contribution >= 0.6 is 73.9 Å². The number of benzene rings is 12. The zero-order valence-corrected chi connectivity index (χ0v) is 84.0. The van der Waals surface area contributed by atoms with Gasteiger partial charge in [-0.3, -0.25) is 38.4 Å². The highest BCUT2D eigenvalue weighted by Gasteiger charge is 2.32. The van der Waals surface area contributed by atoms with Gasteiger partial charge in [0.05, 0.1) is 90.8 Å². The van der Waals surface area contributed by atoms with Crippen LogP contribution in [0.5, 0.6) is 0 Å². The van der Waals surface area contributed by atoms with Gasteiger partial charge in [-0.1, -0.05) is 282 Å². The highest BCUT2D eigenvalue weighted by molar-refractivity contribution is 9.10. The summed E-state index contributed by atoms with van der Waals surface area (Å²) in [6.07, 6.45) is 10.6.